The average molecular weight is 234 g/mol. The molecule has 0 heterocycles. The number of hydrogen-bond acceptors (Lipinski definition) is 4. The van der Waals surface area contributed by atoms with Gasteiger partial charge in [-0.2, -0.15) is 12.7 Å². The molecule has 1 N–H and O–H groups in total. The lowest BCUT2D eigenvalue weighted by atomic mass is 10.6. The fourth-order valence-electron chi connectivity index (χ4n) is 0.799. The van der Waals surface area contributed by atoms with Gasteiger partial charge in [0.05, 0.1) is 13.2 Å². The Morgan fingerprint density at radius 2 is 2.13 bits per heavy atom. The number of hydrogen-bond donors (Lipinski definition) is 1. The minimum atomic E-state index is -3.89. The summed E-state index contributed by atoms with van der Waals surface area (Å²) in [5.74, 6) is 2.18. The van der Waals surface area contributed by atoms with Gasteiger partial charge in [-0.05, 0) is 6.92 Å². The molecule has 0 fully saturated rings. The summed E-state index contributed by atoms with van der Waals surface area (Å²) < 4.78 is 30.0. The van der Waals surface area contributed by atoms with Crippen molar-refractivity contribution in [1.82, 2.24) is 9.03 Å². The number of amides is 1. The van der Waals surface area contributed by atoms with Gasteiger partial charge in [-0.15, -0.1) is 6.42 Å². The van der Waals surface area contributed by atoms with Crippen LogP contribution in [0.15, 0.2) is 0 Å². The Hall–Kier alpha value is -1.26. The Kier molecular flexibility index (Phi) is 5.74. The van der Waals surface area contributed by atoms with Crippen LogP contribution in [-0.2, 0) is 14.9 Å². The molecule has 0 aromatic rings. The van der Waals surface area contributed by atoms with Crippen LogP contribution in [0.3, 0.4) is 0 Å². The van der Waals surface area contributed by atoms with Crippen LogP contribution in [0.1, 0.15) is 13.8 Å². The van der Waals surface area contributed by atoms with E-state index in [1.807, 2.05) is 0 Å². The van der Waals surface area contributed by atoms with Gasteiger partial charge in [0.1, 0.15) is 0 Å². The first-order valence-corrected chi connectivity index (χ1v) is 5.80. The highest BCUT2D eigenvalue weighted by molar-refractivity contribution is 7.87. The summed E-state index contributed by atoms with van der Waals surface area (Å²) in [5.41, 5.74) is 0. The smallest absolute Gasteiger partial charge is 0.421 e. The van der Waals surface area contributed by atoms with Gasteiger partial charge < -0.3 is 4.74 Å². The maximum atomic E-state index is 11.5. The minimum Gasteiger partial charge on any atom is -0.449 e. The van der Waals surface area contributed by atoms with E-state index in [1.165, 1.54) is 0 Å². The molecule has 0 bridgehead atoms. The number of nitrogens with one attached hydrogen (secondary N) is 1. The Labute approximate surface area is 89.8 Å². The fourth-order valence-corrected chi connectivity index (χ4v) is 1.78. The van der Waals surface area contributed by atoms with Crippen LogP contribution in [0.5, 0.6) is 0 Å². The van der Waals surface area contributed by atoms with E-state index in [1.54, 1.807) is 18.6 Å². The largest absolute Gasteiger partial charge is 0.449 e. The summed E-state index contributed by atoms with van der Waals surface area (Å²) >= 11 is 0. The summed E-state index contributed by atoms with van der Waals surface area (Å²) in [6, 6.07) is 0. The number of ether oxygens (including phenoxy) is 1. The molecule has 0 saturated heterocycles. The van der Waals surface area contributed by atoms with Crippen LogP contribution < -0.4 is 4.72 Å². The third-order valence-corrected chi connectivity index (χ3v) is 2.94. The maximum Gasteiger partial charge on any atom is 0.421 e. The number of rotatable bonds is 5. The molecule has 0 spiro atoms. The highest BCUT2D eigenvalue weighted by Gasteiger charge is 2.22. The first-order chi connectivity index (χ1) is 6.97. The predicted octanol–water partition coefficient (Wildman–Crippen LogP) is -0.0676. The highest BCUT2D eigenvalue weighted by Crippen LogP contribution is 1.96. The molecule has 0 unspecified atom stereocenters. The summed E-state index contributed by atoms with van der Waals surface area (Å²) in [6.07, 6.45) is 3.98. The Bertz CT molecular complexity index is 344. The molecule has 0 rings (SSSR count). The second kappa shape index (κ2) is 6.27. The molecule has 7 heteroatoms. The minimum absolute atomic E-state index is 0.0920. The van der Waals surface area contributed by atoms with Gasteiger partial charge in [-0.3, -0.25) is 0 Å². The Morgan fingerprint density at radius 1 is 1.53 bits per heavy atom. The SMILES string of the molecule is C#CCN(CC)S(=O)(=O)NC(=O)OCC. The molecule has 0 atom stereocenters. The van der Waals surface area contributed by atoms with Crippen molar-refractivity contribution < 1.29 is 17.9 Å². The van der Waals surface area contributed by atoms with E-state index in [0.29, 0.717) is 0 Å². The van der Waals surface area contributed by atoms with Crippen molar-refractivity contribution in [3.63, 3.8) is 0 Å². The van der Waals surface area contributed by atoms with Crippen molar-refractivity contribution >= 4 is 16.3 Å². The molecule has 15 heavy (non-hydrogen) atoms. The van der Waals surface area contributed by atoms with E-state index >= 15 is 0 Å². The molecule has 1 amide bonds. The molecule has 0 aliphatic rings. The highest BCUT2D eigenvalue weighted by atomic mass is 32.2. The third-order valence-electron chi connectivity index (χ3n) is 1.45. The standard InChI is InChI=1S/C8H14N2O4S/c1-4-7-10(5-2)15(12,13)9-8(11)14-6-3/h1H,5-7H2,2-3H3,(H,9,11). The van der Waals surface area contributed by atoms with E-state index in [9.17, 15) is 13.2 Å². The van der Waals surface area contributed by atoms with Crippen LogP contribution >= 0.6 is 0 Å². The van der Waals surface area contributed by atoms with Crippen molar-refractivity contribution in [2.24, 2.45) is 0 Å². The molecule has 0 aliphatic carbocycles. The first-order valence-electron chi connectivity index (χ1n) is 4.36. The van der Waals surface area contributed by atoms with Crippen molar-refractivity contribution in [2.75, 3.05) is 19.7 Å². The normalized spacial score (nSPS) is 10.8. The number of carbonyl (C=O) groups excluding carboxylic acids is 1. The number of terminal acetylenes is 1. The maximum absolute atomic E-state index is 11.5. The lowest BCUT2D eigenvalue weighted by Crippen LogP contribution is -2.43. The van der Waals surface area contributed by atoms with Crippen LogP contribution in [-0.4, -0.2) is 38.5 Å². The molecular formula is C8H14N2O4S. The van der Waals surface area contributed by atoms with E-state index < -0.39 is 16.3 Å². The molecular weight excluding hydrogens is 220 g/mol. The van der Waals surface area contributed by atoms with Crippen molar-refractivity contribution in [3.8, 4) is 12.3 Å². The van der Waals surface area contributed by atoms with Crippen LogP contribution in [0, 0.1) is 12.3 Å². The lowest BCUT2D eigenvalue weighted by Gasteiger charge is -2.17. The molecule has 0 aromatic carbocycles. The zero-order chi connectivity index (χ0) is 11.9. The Balaban J connectivity index is 4.53. The third kappa shape index (κ3) is 4.67. The van der Waals surface area contributed by atoms with Crippen LogP contribution in [0.25, 0.3) is 0 Å². The molecule has 6 nitrogen and oxygen atoms in total. The molecule has 86 valence electrons. The van der Waals surface area contributed by atoms with Gasteiger partial charge in [0.25, 0.3) is 0 Å². The average Bonchev–Trinajstić information content (AvgIpc) is 2.13. The van der Waals surface area contributed by atoms with Gasteiger partial charge in [0.15, 0.2) is 0 Å². The fraction of sp³-hybridized carbons (Fsp3) is 0.625. The van der Waals surface area contributed by atoms with E-state index in [4.69, 9.17) is 6.42 Å². The predicted molar refractivity (Wildman–Crippen MR) is 55.2 cm³/mol. The summed E-state index contributed by atoms with van der Waals surface area (Å²) in [6.45, 7) is 3.37. The topological polar surface area (TPSA) is 75.7 Å². The van der Waals surface area contributed by atoms with Gasteiger partial charge in [0, 0.05) is 6.54 Å². The van der Waals surface area contributed by atoms with Crippen molar-refractivity contribution in [3.05, 3.63) is 0 Å². The van der Waals surface area contributed by atoms with Gasteiger partial charge in [0.2, 0.25) is 0 Å². The second-order valence-corrected chi connectivity index (χ2v) is 4.13. The molecule has 0 aromatic heterocycles. The van der Waals surface area contributed by atoms with Gasteiger partial charge in [-0.25, -0.2) is 9.52 Å². The first kappa shape index (κ1) is 13.7. The second-order valence-electron chi connectivity index (χ2n) is 2.46. The van der Waals surface area contributed by atoms with Gasteiger partial charge >= 0.3 is 16.3 Å². The lowest BCUT2D eigenvalue weighted by molar-refractivity contribution is 0.158. The number of nitrogens with zero attached hydrogens (tertiary/aromatic N) is 1. The zero-order valence-electron chi connectivity index (χ0n) is 8.69. The number of carbonyl (C=O) groups is 1. The van der Waals surface area contributed by atoms with Crippen LogP contribution in [0.2, 0.25) is 0 Å². The summed E-state index contributed by atoms with van der Waals surface area (Å²) in [4.78, 5) is 10.9. The molecule has 0 saturated carbocycles. The summed E-state index contributed by atoms with van der Waals surface area (Å²) in [7, 11) is -3.89. The van der Waals surface area contributed by atoms with E-state index in [-0.39, 0.29) is 19.7 Å². The summed E-state index contributed by atoms with van der Waals surface area (Å²) in [5, 5.41) is 0. The Morgan fingerprint density at radius 3 is 2.53 bits per heavy atom. The quantitative estimate of drug-likeness (QED) is 0.676. The van der Waals surface area contributed by atoms with E-state index in [0.717, 1.165) is 4.31 Å². The zero-order valence-corrected chi connectivity index (χ0v) is 9.50. The van der Waals surface area contributed by atoms with Crippen LogP contribution in [0.4, 0.5) is 4.79 Å². The monoisotopic (exact) mass is 234 g/mol. The molecule has 0 aliphatic heterocycles. The van der Waals surface area contributed by atoms with Gasteiger partial charge in [-0.1, -0.05) is 12.8 Å². The van der Waals surface area contributed by atoms with Crippen molar-refractivity contribution in [2.45, 2.75) is 13.8 Å². The van der Waals surface area contributed by atoms with Crippen molar-refractivity contribution in [1.29, 1.82) is 0 Å². The van der Waals surface area contributed by atoms with E-state index in [2.05, 4.69) is 10.7 Å². The molecule has 0 radical (unpaired) electrons.